The highest BCUT2D eigenvalue weighted by atomic mass is 16.4. The third-order valence-electron chi connectivity index (χ3n) is 14.3. The quantitative estimate of drug-likeness (QED) is 0.150. The fourth-order valence-corrected chi connectivity index (χ4v) is 10.5. The van der Waals surface area contributed by atoms with Gasteiger partial charge in [0.25, 0.3) is 0 Å². The number of benzene rings is 11. The molecule has 0 atom stereocenters. The minimum Gasteiger partial charge on any atom is -0.436 e. The molecule has 11 aromatic carbocycles. The zero-order valence-electron chi connectivity index (χ0n) is 40.1. The summed E-state index contributed by atoms with van der Waals surface area (Å²) >= 11 is 0. The summed E-state index contributed by atoms with van der Waals surface area (Å²) in [5.74, 6) is 2.89. The van der Waals surface area contributed by atoms with E-state index in [1.54, 1.807) is 0 Å². The predicted octanol–water partition coefficient (Wildman–Crippen LogP) is 17.2. The predicted molar refractivity (Wildman–Crippen MR) is 302 cm³/mol. The van der Waals surface area contributed by atoms with Crippen molar-refractivity contribution in [3.63, 3.8) is 0 Å². The molecular formula is C67H40N6O2. The zero-order chi connectivity index (χ0) is 49.4. The van der Waals surface area contributed by atoms with E-state index in [2.05, 4.69) is 199 Å². The van der Waals surface area contributed by atoms with Crippen molar-refractivity contribution in [3.05, 3.63) is 243 Å². The first-order chi connectivity index (χ1) is 37.1. The summed E-state index contributed by atoms with van der Waals surface area (Å²) < 4.78 is 14.6. The van der Waals surface area contributed by atoms with Crippen LogP contribution in [0.25, 0.3) is 151 Å². The SMILES string of the molecule is c1ccc(-c2ccc3c(c2)c2cc(-c4ccccc4)ccc2n3-c2ccc(-c3nc(-c4ccc5cc(-c6nc7ccccc7o6)ccc5c4)nc(-c4ccc5cc(-c6nc7ccccc7o6)ccc5c4)n3)cc2)cc1. The molecule has 0 bridgehead atoms. The Morgan fingerprint density at radius 3 is 1.09 bits per heavy atom. The molecular weight excluding hydrogens is 921 g/mol. The Morgan fingerprint density at radius 1 is 0.267 bits per heavy atom. The third kappa shape index (κ3) is 7.51. The van der Waals surface area contributed by atoms with Gasteiger partial charge in [-0.3, -0.25) is 0 Å². The molecule has 350 valence electrons. The van der Waals surface area contributed by atoms with Crippen molar-refractivity contribution in [2.45, 2.75) is 0 Å². The Hall–Kier alpha value is -10.3. The smallest absolute Gasteiger partial charge is 0.227 e. The van der Waals surface area contributed by atoms with Gasteiger partial charge in [0.1, 0.15) is 11.0 Å². The second-order valence-corrected chi connectivity index (χ2v) is 18.9. The zero-order valence-corrected chi connectivity index (χ0v) is 40.1. The molecule has 0 spiro atoms. The van der Waals surface area contributed by atoms with E-state index in [1.807, 2.05) is 48.5 Å². The van der Waals surface area contributed by atoms with Gasteiger partial charge in [0, 0.05) is 44.3 Å². The van der Waals surface area contributed by atoms with Crippen LogP contribution in [0.15, 0.2) is 251 Å². The average molecular weight is 961 g/mol. The van der Waals surface area contributed by atoms with Crippen molar-refractivity contribution in [2.24, 2.45) is 0 Å². The van der Waals surface area contributed by atoms with Gasteiger partial charge in [-0.1, -0.05) is 133 Å². The van der Waals surface area contributed by atoms with Crippen LogP contribution in [-0.4, -0.2) is 29.5 Å². The summed E-state index contributed by atoms with van der Waals surface area (Å²) in [5.41, 5.74) is 15.6. The molecule has 4 aromatic heterocycles. The maximum Gasteiger partial charge on any atom is 0.227 e. The van der Waals surface area contributed by atoms with Gasteiger partial charge in [0.05, 0.1) is 11.0 Å². The van der Waals surface area contributed by atoms with Crippen molar-refractivity contribution in [2.75, 3.05) is 0 Å². The molecule has 15 aromatic rings. The largest absolute Gasteiger partial charge is 0.436 e. The minimum absolute atomic E-state index is 0.571. The molecule has 15 rings (SSSR count). The second-order valence-electron chi connectivity index (χ2n) is 18.9. The van der Waals surface area contributed by atoms with E-state index >= 15 is 0 Å². The molecule has 0 aliphatic rings. The minimum atomic E-state index is 0.571. The van der Waals surface area contributed by atoms with Crippen LogP contribution in [0.5, 0.6) is 0 Å². The van der Waals surface area contributed by atoms with Crippen molar-refractivity contribution < 1.29 is 8.83 Å². The molecule has 75 heavy (non-hydrogen) atoms. The number of hydrogen-bond acceptors (Lipinski definition) is 7. The van der Waals surface area contributed by atoms with Crippen molar-refractivity contribution >= 4 is 65.6 Å². The first kappa shape index (κ1) is 42.4. The summed E-state index contributed by atoms with van der Waals surface area (Å²) in [6.45, 7) is 0. The fourth-order valence-electron chi connectivity index (χ4n) is 10.5. The number of oxazole rings is 2. The van der Waals surface area contributed by atoms with Crippen LogP contribution >= 0.6 is 0 Å². The van der Waals surface area contributed by atoms with Crippen LogP contribution in [0.2, 0.25) is 0 Å². The molecule has 4 heterocycles. The van der Waals surface area contributed by atoms with Gasteiger partial charge in [-0.25, -0.2) is 24.9 Å². The number of aromatic nitrogens is 6. The Labute approximate surface area is 429 Å². The molecule has 0 saturated heterocycles. The molecule has 0 fully saturated rings. The highest BCUT2D eigenvalue weighted by Gasteiger charge is 2.19. The Bertz CT molecular complexity index is 4370. The summed E-state index contributed by atoms with van der Waals surface area (Å²) in [7, 11) is 0. The van der Waals surface area contributed by atoms with E-state index < -0.39 is 0 Å². The number of para-hydroxylation sites is 4. The van der Waals surface area contributed by atoms with E-state index in [-0.39, 0.29) is 0 Å². The van der Waals surface area contributed by atoms with Gasteiger partial charge in [0.15, 0.2) is 28.6 Å². The third-order valence-corrected chi connectivity index (χ3v) is 14.3. The second kappa shape index (κ2) is 17.2. The summed E-state index contributed by atoms with van der Waals surface area (Å²) in [4.78, 5) is 25.1. The number of rotatable bonds is 8. The summed E-state index contributed by atoms with van der Waals surface area (Å²) in [6.07, 6.45) is 0. The Morgan fingerprint density at radius 2 is 0.640 bits per heavy atom. The Balaban J connectivity index is 0.837. The number of hydrogen-bond donors (Lipinski definition) is 0. The topological polar surface area (TPSA) is 95.7 Å². The number of fused-ring (bicyclic) bond motifs is 7. The van der Waals surface area contributed by atoms with Gasteiger partial charge in [-0.15, -0.1) is 0 Å². The van der Waals surface area contributed by atoms with Gasteiger partial charge in [-0.2, -0.15) is 0 Å². The highest BCUT2D eigenvalue weighted by Crippen LogP contribution is 2.39. The molecule has 8 heteroatoms. The fraction of sp³-hybridized carbons (Fsp3) is 0. The first-order valence-corrected chi connectivity index (χ1v) is 24.9. The maximum atomic E-state index is 6.13. The molecule has 0 aliphatic heterocycles. The summed E-state index contributed by atoms with van der Waals surface area (Å²) in [5, 5.41) is 6.56. The van der Waals surface area contributed by atoms with Crippen LogP contribution in [0.4, 0.5) is 0 Å². The van der Waals surface area contributed by atoms with E-state index in [1.165, 1.54) is 33.0 Å². The van der Waals surface area contributed by atoms with E-state index in [9.17, 15) is 0 Å². The van der Waals surface area contributed by atoms with Gasteiger partial charge in [-0.05, 0) is 153 Å². The molecule has 0 amide bonds. The lowest BCUT2D eigenvalue weighted by Crippen LogP contribution is -2.01. The van der Waals surface area contributed by atoms with Gasteiger partial charge in [0.2, 0.25) is 11.8 Å². The molecule has 0 N–H and O–H groups in total. The molecule has 0 aliphatic carbocycles. The first-order valence-electron chi connectivity index (χ1n) is 24.9. The lowest BCUT2D eigenvalue weighted by molar-refractivity contribution is 0.619. The van der Waals surface area contributed by atoms with E-state index in [0.29, 0.717) is 29.3 Å². The van der Waals surface area contributed by atoms with Crippen molar-refractivity contribution in [1.82, 2.24) is 29.5 Å². The van der Waals surface area contributed by atoms with E-state index in [0.717, 1.165) is 88.3 Å². The lowest BCUT2D eigenvalue weighted by Gasteiger charge is -2.12. The molecule has 0 unspecified atom stereocenters. The normalized spacial score (nSPS) is 11.7. The van der Waals surface area contributed by atoms with Crippen molar-refractivity contribution in [3.8, 4) is 85.0 Å². The van der Waals surface area contributed by atoms with Crippen LogP contribution in [0, 0.1) is 0 Å². The van der Waals surface area contributed by atoms with Crippen LogP contribution in [-0.2, 0) is 0 Å². The lowest BCUT2D eigenvalue weighted by atomic mass is 10.0. The maximum absolute atomic E-state index is 6.13. The monoisotopic (exact) mass is 960 g/mol. The van der Waals surface area contributed by atoms with Crippen molar-refractivity contribution in [1.29, 1.82) is 0 Å². The average Bonchev–Trinajstić information content (AvgIpc) is 4.21. The van der Waals surface area contributed by atoms with Crippen LogP contribution < -0.4 is 0 Å². The molecule has 0 radical (unpaired) electrons. The van der Waals surface area contributed by atoms with Gasteiger partial charge >= 0.3 is 0 Å². The highest BCUT2D eigenvalue weighted by molar-refractivity contribution is 6.11. The van der Waals surface area contributed by atoms with Gasteiger partial charge < -0.3 is 13.4 Å². The molecule has 8 nitrogen and oxygen atoms in total. The van der Waals surface area contributed by atoms with Crippen LogP contribution in [0.3, 0.4) is 0 Å². The Kier molecular flexibility index (Phi) is 9.71. The number of nitrogens with zero attached hydrogens (tertiary/aromatic N) is 6. The summed E-state index contributed by atoms with van der Waals surface area (Å²) in [6, 6.07) is 84.2. The van der Waals surface area contributed by atoms with E-state index in [4.69, 9.17) is 33.8 Å². The van der Waals surface area contributed by atoms with Crippen LogP contribution in [0.1, 0.15) is 0 Å². The molecule has 0 saturated carbocycles. The standard InChI is InChI=1S/C67H40N6O2/c1-3-11-41(12-4-1)48-29-33-59-55(39-48)56-40-49(42-13-5-2-6-14-42)30-34-60(56)73(59)54-31-27-43(28-32-54)63-70-64(50-23-19-46-37-52(25-21-44(46)35-50)66-68-57-15-7-9-17-61(57)74-66)72-65(71-63)51-24-20-47-38-53(26-22-45(47)36-51)67-69-58-16-8-10-18-62(58)75-67/h1-40H.